The van der Waals surface area contributed by atoms with Gasteiger partial charge in [-0.25, -0.2) is 0 Å². The third-order valence-electron chi connectivity index (χ3n) is 4.03. The van der Waals surface area contributed by atoms with Gasteiger partial charge in [0.25, 0.3) is 0 Å². The largest absolute Gasteiger partial charge is 0.507 e. The van der Waals surface area contributed by atoms with Crippen molar-refractivity contribution in [1.82, 2.24) is 0 Å². The molecule has 4 nitrogen and oxygen atoms in total. The highest BCUT2D eigenvalue weighted by Crippen LogP contribution is 2.41. The van der Waals surface area contributed by atoms with E-state index in [0.717, 1.165) is 5.56 Å². The van der Waals surface area contributed by atoms with Crippen LogP contribution >= 0.6 is 11.6 Å². The van der Waals surface area contributed by atoms with Gasteiger partial charge in [0.1, 0.15) is 22.6 Å². The maximum Gasteiger partial charge on any atom is 0.193 e. The highest BCUT2D eigenvalue weighted by molar-refractivity contribution is 6.30. The maximum atomic E-state index is 12.8. The Morgan fingerprint density at radius 2 is 2.04 bits per heavy atom. The number of rotatable bonds is 6. The molecule has 3 rings (SSSR count). The van der Waals surface area contributed by atoms with Crippen LogP contribution in [0.4, 0.5) is 0 Å². The Bertz CT molecular complexity index is 997. The first-order valence-electron chi connectivity index (χ1n) is 7.94. The van der Waals surface area contributed by atoms with E-state index in [4.69, 9.17) is 20.8 Å². The summed E-state index contributed by atoms with van der Waals surface area (Å²) in [7, 11) is 1.45. The summed E-state index contributed by atoms with van der Waals surface area (Å²) in [6, 6.07) is 8.78. The molecule has 0 unspecified atom stereocenters. The van der Waals surface area contributed by atoms with E-state index in [-0.39, 0.29) is 22.8 Å². The molecule has 0 bridgehead atoms. The molecule has 0 radical (unpaired) electrons. The minimum atomic E-state index is -0.372. The van der Waals surface area contributed by atoms with Crippen molar-refractivity contribution in [3.05, 3.63) is 77.0 Å². The Labute approximate surface area is 156 Å². The van der Waals surface area contributed by atoms with Gasteiger partial charge in [-0.15, -0.1) is 6.58 Å². The smallest absolute Gasteiger partial charge is 0.193 e. The highest BCUT2D eigenvalue weighted by Gasteiger charge is 2.24. The van der Waals surface area contributed by atoms with Crippen LogP contribution in [-0.2, 0) is 6.42 Å². The molecule has 0 aliphatic carbocycles. The molecule has 0 saturated carbocycles. The van der Waals surface area contributed by atoms with Crippen molar-refractivity contribution >= 4 is 34.4 Å². The van der Waals surface area contributed by atoms with Crippen molar-refractivity contribution in [2.24, 2.45) is 0 Å². The molecule has 2 aromatic carbocycles. The number of ether oxygens (including phenoxy) is 1. The second-order valence-corrected chi connectivity index (χ2v) is 6.08. The zero-order valence-corrected chi connectivity index (χ0v) is 14.9. The lowest BCUT2D eigenvalue weighted by Crippen LogP contribution is -2.03. The molecule has 1 heterocycles. The molecule has 26 heavy (non-hydrogen) atoms. The molecule has 0 fully saturated rings. The number of carbonyl (C=O) groups is 1. The summed E-state index contributed by atoms with van der Waals surface area (Å²) >= 11 is 5.86. The van der Waals surface area contributed by atoms with Gasteiger partial charge in [0, 0.05) is 10.6 Å². The highest BCUT2D eigenvalue weighted by atomic mass is 35.5. The first-order valence-corrected chi connectivity index (χ1v) is 8.32. The van der Waals surface area contributed by atoms with Gasteiger partial charge in [0.05, 0.1) is 18.8 Å². The fourth-order valence-electron chi connectivity index (χ4n) is 2.83. The van der Waals surface area contributed by atoms with Gasteiger partial charge in [0.2, 0.25) is 0 Å². The van der Waals surface area contributed by atoms with Crippen LogP contribution in [0.1, 0.15) is 21.5 Å². The summed E-state index contributed by atoms with van der Waals surface area (Å²) in [4.78, 5) is 12.8. The van der Waals surface area contributed by atoms with Gasteiger partial charge in [-0.05, 0) is 36.3 Å². The van der Waals surface area contributed by atoms with Gasteiger partial charge >= 0.3 is 0 Å². The van der Waals surface area contributed by atoms with E-state index in [9.17, 15) is 9.90 Å². The number of hydrogen-bond acceptors (Lipinski definition) is 4. The summed E-state index contributed by atoms with van der Waals surface area (Å²) in [6.07, 6.45) is 6.55. The lowest BCUT2D eigenvalue weighted by atomic mass is 9.98. The number of carbonyl (C=O) groups excluding carboxylic acids is 1. The number of phenols is 1. The van der Waals surface area contributed by atoms with E-state index in [1.54, 1.807) is 42.5 Å². The number of allylic oxidation sites excluding steroid dienone is 2. The summed E-state index contributed by atoms with van der Waals surface area (Å²) in [5, 5.41) is 11.9. The zero-order chi connectivity index (χ0) is 18.7. The summed E-state index contributed by atoms with van der Waals surface area (Å²) < 4.78 is 10.9. The number of aromatic hydroxyl groups is 1. The van der Waals surface area contributed by atoms with Gasteiger partial charge in [-0.1, -0.05) is 35.9 Å². The number of hydrogen-bond donors (Lipinski definition) is 1. The van der Waals surface area contributed by atoms with Crippen molar-refractivity contribution in [1.29, 1.82) is 0 Å². The van der Waals surface area contributed by atoms with Crippen molar-refractivity contribution in [2.75, 3.05) is 7.11 Å². The fourth-order valence-corrected chi connectivity index (χ4v) is 2.95. The average Bonchev–Trinajstić information content (AvgIpc) is 3.12. The molecule has 0 amide bonds. The molecule has 0 aliphatic rings. The topological polar surface area (TPSA) is 59.7 Å². The van der Waals surface area contributed by atoms with Crippen LogP contribution in [-0.4, -0.2) is 18.0 Å². The molecule has 0 spiro atoms. The standard InChI is InChI=1S/C21H17ClO4/c1-3-4-15-19(24)18(21(25-2)16-11-12-26-20(15)16)17(23)10-7-13-5-8-14(22)9-6-13/h3,5-12,24H,1,4H2,2H3/b10-7+. The number of methoxy groups -OCH3 is 1. The molecule has 0 saturated heterocycles. The SMILES string of the molecule is C=CCc1c(O)c(C(=O)/C=C/c2ccc(Cl)cc2)c(OC)c2ccoc12. The molecular formula is C21H17ClO4. The molecule has 5 heteroatoms. The van der Waals surface area contributed by atoms with Crippen LogP contribution in [0.2, 0.25) is 5.02 Å². The third-order valence-corrected chi connectivity index (χ3v) is 4.28. The van der Waals surface area contributed by atoms with E-state index in [1.165, 1.54) is 19.4 Å². The number of phenolic OH excluding ortho intramolecular Hbond substituents is 1. The second-order valence-electron chi connectivity index (χ2n) is 5.64. The van der Waals surface area contributed by atoms with Crippen molar-refractivity contribution < 1.29 is 19.1 Å². The van der Waals surface area contributed by atoms with Crippen molar-refractivity contribution in [2.45, 2.75) is 6.42 Å². The van der Waals surface area contributed by atoms with Gasteiger partial charge in [-0.3, -0.25) is 4.79 Å². The normalized spacial score (nSPS) is 11.2. The van der Waals surface area contributed by atoms with Gasteiger partial charge < -0.3 is 14.3 Å². The lowest BCUT2D eigenvalue weighted by molar-refractivity contribution is 0.104. The fraction of sp³-hybridized carbons (Fsp3) is 0.0952. The van der Waals surface area contributed by atoms with Crippen LogP contribution in [0.5, 0.6) is 11.5 Å². The first kappa shape index (κ1) is 17.8. The zero-order valence-electron chi connectivity index (χ0n) is 14.2. The van der Waals surface area contributed by atoms with Crippen molar-refractivity contribution in [3.63, 3.8) is 0 Å². The predicted octanol–water partition coefficient (Wildman–Crippen LogP) is 5.43. The van der Waals surface area contributed by atoms with Crippen LogP contribution in [0.3, 0.4) is 0 Å². The Kier molecular flexibility index (Phi) is 5.14. The number of benzene rings is 2. The summed E-state index contributed by atoms with van der Waals surface area (Å²) in [5.74, 6) is -0.248. The van der Waals surface area contributed by atoms with E-state index >= 15 is 0 Å². The van der Waals surface area contributed by atoms with E-state index < -0.39 is 0 Å². The minimum absolute atomic E-state index is 0.100. The van der Waals surface area contributed by atoms with Crippen LogP contribution in [0.15, 0.2) is 59.7 Å². The Balaban J connectivity index is 2.10. The van der Waals surface area contributed by atoms with E-state index in [1.807, 2.05) is 0 Å². The number of fused-ring (bicyclic) bond motifs is 1. The Morgan fingerprint density at radius 1 is 1.31 bits per heavy atom. The van der Waals surface area contributed by atoms with Crippen LogP contribution < -0.4 is 4.74 Å². The number of ketones is 1. The average molecular weight is 369 g/mol. The molecule has 0 aliphatic heterocycles. The lowest BCUT2D eigenvalue weighted by Gasteiger charge is -2.13. The first-order chi connectivity index (χ1) is 12.6. The minimum Gasteiger partial charge on any atom is -0.507 e. The van der Waals surface area contributed by atoms with Gasteiger partial charge in [-0.2, -0.15) is 0 Å². The van der Waals surface area contributed by atoms with Crippen molar-refractivity contribution in [3.8, 4) is 11.5 Å². The Hall–Kier alpha value is -2.98. The molecule has 0 atom stereocenters. The summed E-state index contributed by atoms with van der Waals surface area (Å²) in [6.45, 7) is 3.69. The van der Waals surface area contributed by atoms with Crippen LogP contribution in [0.25, 0.3) is 17.0 Å². The number of furan rings is 1. The summed E-state index contributed by atoms with van der Waals surface area (Å²) in [5.41, 5.74) is 1.90. The van der Waals surface area contributed by atoms with E-state index in [0.29, 0.717) is 28.0 Å². The molecule has 1 N–H and O–H groups in total. The third kappa shape index (κ3) is 3.24. The monoisotopic (exact) mass is 368 g/mol. The predicted molar refractivity (Wildman–Crippen MR) is 103 cm³/mol. The van der Waals surface area contributed by atoms with E-state index in [2.05, 4.69) is 6.58 Å². The van der Waals surface area contributed by atoms with Crippen LogP contribution in [0, 0.1) is 0 Å². The molecular weight excluding hydrogens is 352 g/mol. The maximum absolute atomic E-state index is 12.8. The molecule has 3 aromatic rings. The quantitative estimate of drug-likeness (QED) is 0.358. The Morgan fingerprint density at radius 3 is 2.69 bits per heavy atom. The molecule has 132 valence electrons. The van der Waals surface area contributed by atoms with Gasteiger partial charge in [0.15, 0.2) is 5.78 Å². The number of halogens is 1. The molecule has 1 aromatic heterocycles. The second kappa shape index (κ2) is 7.50.